The number of aliphatic hydroxyl groups excluding tert-OH is 1. The summed E-state index contributed by atoms with van der Waals surface area (Å²) in [5, 5.41) is 12.2. The van der Waals surface area contributed by atoms with Crippen molar-refractivity contribution in [2.45, 2.75) is 37.8 Å². The molecule has 2 rings (SSSR count). The molecule has 88 valence electrons. The van der Waals surface area contributed by atoms with Gasteiger partial charge in [-0.15, -0.1) is 0 Å². The minimum Gasteiger partial charge on any atom is -0.444 e. The Morgan fingerprint density at radius 2 is 2.06 bits per heavy atom. The molecule has 0 aliphatic heterocycles. The molecule has 0 aromatic carbocycles. The second-order valence-corrected chi connectivity index (χ2v) is 4.86. The first kappa shape index (κ1) is 11.7. The summed E-state index contributed by atoms with van der Waals surface area (Å²) in [6.07, 6.45) is 2.97. The Balaban J connectivity index is 1.88. The summed E-state index contributed by atoms with van der Waals surface area (Å²) in [6.45, 7) is 0. The van der Waals surface area contributed by atoms with Crippen molar-refractivity contribution in [3.8, 4) is 0 Å². The first-order chi connectivity index (χ1) is 7.65. The van der Waals surface area contributed by atoms with Crippen LogP contribution < -0.4 is 5.32 Å². The molecular weight excluding hydrogens is 274 g/mol. The molecule has 1 aromatic heterocycles. The molecule has 0 atom stereocenters. The Morgan fingerprint density at radius 3 is 2.62 bits per heavy atom. The molecule has 1 saturated carbocycles. The van der Waals surface area contributed by atoms with Crippen molar-refractivity contribution in [1.82, 2.24) is 5.32 Å². The van der Waals surface area contributed by atoms with E-state index in [0.29, 0.717) is 10.4 Å². The highest BCUT2D eigenvalue weighted by Gasteiger charge is 2.22. The maximum atomic E-state index is 11.7. The van der Waals surface area contributed by atoms with Crippen molar-refractivity contribution in [3.63, 3.8) is 0 Å². The summed E-state index contributed by atoms with van der Waals surface area (Å²) in [5.74, 6) is 0.130. The van der Waals surface area contributed by atoms with Crippen LogP contribution in [0.15, 0.2) is 21.2 Å². The molecule has 1 aliphatic carbocycles. The quantitative estimate of drug-likeness (QED) is 0.875. The van der Waals surface area contributed by atoms with Gasteiger partial charge in [-0.25, -0.2) is 0 Å². The number of nitrogens with one attached hydrogen (secondary N) is 1. The molecule has 0 radical (unpaired) electrons. The molecule has 5 heteroatoms. The number of carbonyl (C=O) groups is 1. The van der Waals surface area contributed by atoms with E-state index >= 15 is 0 Å². The van der Waals surface area contributed by atoms with Gasteiger partial charge in [0, 0.05) is 6.04 Å². The molecule has 0 unspecified atom stereocenters. The van der Waals surface area contributed by atoms with E-state index in [9.17, 15) is 9.90 Å². The molecular formula is C11H14BrNO3. The molecule has 0 saturated heterocycles. The van der Waals surface area contributed by atoms with Crippen LogP contribution in [-0.2, 0) is 0 Å². The predicted molar refractivity (Wildman–Crippen MR) is 62.1 cm³/mol. The van der Waals surface area contributed by atoms with Gasteiger partial charge in [-0.3, -0.25) is 4.79 Å². The van der Waals surface area contributed by atoms with Crippen molar-refractivity contribution in [2.24, 2.45) is 0 Å². The first-order valence-corrected chi connectivity index (χ1v) is 6.18. The highest BCUT2D eigenvalue weighted by molar-refractivity contribution is 9.10. The number of hydrogen-bond donors (Lipinski definition) is 2. The largest absolute Gasteiger partial charge is 0.444 e. The number of rotatable bonds is 2. The van der Waals surface area contributed by atoms with E-state index in [2.05, 4.69) is 21.2 Å². The maximum absolute atomic E-state index is 11.7. The Hall–Kier alpha value is -0.810. The number of aliphatic hydroxyl groups is 1. The summed E-state index contributed by atoms with van der Waals surface area (Å²) in [4.78, 5) is 11.7. The van der Waals surface area contributed by atoms with Crippen LogP contribution in [0.25, 0.3) is 0 Å². The summed E-state index contributed by atoms with van der Waals surface area (Å²) in [6, 6.07) is 3.48. The number of carbonyl (C=O) groups excluding carboxylic acids is 1. The second-order valence-electron chi connectivity index (χ2n) is 4.08. The Labute approximate surface area is 102 Å². The number of halogens is 1. The molecule has 16 heavy (non-hydrogen) atoms. The van der Waals surface area contributed by atoms with Gasteiger partial charge in [-0.05, 0) is 53.7 Å². The van der Waals surface area contributed by atoms with Crippen LogP contribution in [0.3, 0.4) is 0 Å². The molecule has 1 amide bonds. The van der Waals surface area contributed by atoms with Crippen LogP contribution in [0.5, 0.6) is 0 Å². The van der Waals surface area contributed by atoms with Crippen molar-refractivity contribution in [2.75, 3.05) is 0 Å². The third-order valence-electron chi connectivity index (χ3n) is 2.83. The lowest BCUT2D eigenvalue weighted by Gasteiger charge is -2.25. The summed E-state index contributed by atoms with van der Waals surface area (Å²) < 4.78 is 5.72. The van der Waals surface area contributed by atoms with Crippen LogP contribution in [0.4, 0.5) is 0 Å². The monoisotopic (exact) mass is 287 g/mol. The second kappa shape index (κ2) is 5.01. The lowest BCUT2D eigenvalue weighted by molar-refractivity contribution is 0.0842. The average Bonchev–Trinajstić information content (AvgIpc) is 2.68. The van der Waals surface area contributed by atoms with Crippen molar-refractivity contribution >= 4 is 21.8 Å². The van der Waals surface area contributed by atoms with Gasteiger partial charge in [-0.1, -0.05) is 0 Å². The lowest BCUT2D eigenvalue weighted by atomic mass is 9.93. The van der Waals surface area contributed by atoms with Crippen molar-refractivity contribution in [3.05, 3.63) is 22.6 Å². The van der Waals surface area contributed by atoms with Crippen LogP contribution in [-0.4, -0.2) is 23.2 Å². The zero-order valence-corrected chi connectivity index (χ0v) is 10.4. The fraction of sp³-hybridized carbons (Fsp3) is 0.545. The molecule has 2 N–H and O–H groups in total. The smallest absolute Gasteiger partial charge is 0.287 e. The molecule has 0 bridgehead atoms. The molecule has 1 heterocycles. The van der Waals surface area contributed by atoms with E-state index in [1.165, 1.54) is 0 Å². The van der Waals surface area contributed by atoms with Crippen LogP contribution in [0, 0.1) is 0 Å². The summed E-state index contributed by atoms with van der Waals surface area (Å²) >= 11 is 3.15. The maximum Gasteiger partial charge on any atom is 0.287 e. The van der Waals surface area contributed by atoms with Crippen LogP contribution in [0.1, 0.15) is 36.2 Å². The minimum absolute atomic E-state index is 0.153. The fourth-order valence-electron chi connectivity index (χ4n) is 1.91. The van der Waals surface area contributed by atoms with Gasteiger partial charge in [0.1, 0.15) is 0 Å². The van der Waals surface area contributed by atoms with Gasteiger partial charge in [0.05, 0.1) is 6.10 Å². The zero-order chi connectivity index (χ0) is 11.5. The van der Waals surface area contributed by atoms with E-state index < -0.39 is 0 Å². The van der Waals surface area contributed by atoms with Gasteiger partial charge >= 0.3 is 0 Å². The average molecular weight is 288 g/mol. The van der Waals surface area contributed by atoms with Gasteiger partial charge < -0.3 is 14.8 Å². The van der Waals surface area contributed by atoms with Crippen molar-refractivity contribution < 1.29 is 14.3 Å². The standard InChI is InChI=1S/C11H14BrNO3/c12-10-6-5-9(16-10)11(15)13-7-1-3-8(14)4-2-7/h5-8,14H,1-4H2,(H,13,15). The third kappa shape index (κ3) is 2.86. The van der Waals surface area contributed by atoms with E-state index in [1.54, 1.807) is 12.1 Å². The van der Waals surface area contributed by atoms with E-state index in [-0.39, 0.29) is 18.1 Å². The third-order valence-corrected chi connectivity index (χ3v) is 3.26. The highest BCUT2D eigenvalue weighted by atomic mass is 79.9. The Kier molecular flexibility index (Phi) is 3.66. The lowest BCUT2D eigenvalue weighted by Crippen LogP contribution is -2.38. The van der Waals surface area contributed by atoms with Gasteiger partial charge in [0.15, 0.2) is 10.4 Å². The number of hydrogen-bond acceptors (Lipinski definition) is 3. The zero-order valence-electron chi connectivity index (χ0n) is 8.78. The summed E-state index contributed by atoms with van der Waals surface area (Å²) in [7, 11) is 0. The van der Waals surface area contributed by atoms with E-state index in [0.717, 1.165) is 25.7 Å². The number of amides is 1. The van der Waals surface area contributed by atoms with Crippen molar-refractivity contribution in [1.29, 1.82) is 0 Å². The van der Waals surface area contributed by atoms with E-state index in [4.69, 9.17) is 4.42 Å². The predicted octanol–water partition coefficient (Wildman–Crippen LogP) is 2.08. The Morgan fingerprint density at radius 1 is 1.38 bits per heavy atom. The van der Waals surface area contributed by atoms with Gasteiger partial charge in [-0.2, -0.15) is 0 Å². The van der Waals surface area contributed by atoms with Crippen LogP contribution >= 0.6 is 15.9 Å². The summed E-state index contributed by atoms with van der Waals surface area (Å²) in [5.41, 5.74) is 0. The molecule has 1 aliphatic rings. The molecule has 1 aromatic rings. The fourth-order valence-corrected chi connectivity index (χ4v) is 2.22. The van der Waals surface area contributed by atoms with E-state index in [1.807, 2.05) is 0 Å². The molecule has 1 fully saturated rings. The Bertz CT molecular complexity index is 369. The topological polar surface area (TPSA) is 62.5 Å². The normalized spacial score (nSPS) is 25.4. The SMILES string of the molecule is O=C(NC1CCC(O)CC1)c1ccc(Br)o1. The van der Waals surface area contributed by atoms with Crippen LogP contribution in [0.2, 0.25) is 0 Å². The van der Waals surface area contributed by atoms with Gasteiger partial charge in [0.25, 0.3) is 5.91 Å². The highest BCUT2D eigenvalue weighted by Crippen LogP contribution is 2.19. The minimum atomic E-state index is -0.203. The molecule has 0 spiro atoms. The number of furan rings is 1. The van der Waals surface area contributed by atoms with Gasteiger partial charge in [0.2, 0.25) is 0 Å². The molecule has 4 nitrogen and oxygen atoms in total. The first-order valence-electron chi connectivity index (χ1n) is 5.39.